The van der Waals surface area contributed by atoms with Gasteiger partial charge in [0, 0.05) is 0 Å². The van der Waals surface area contributed by atoms with Crippen LogP contribution in [0.3, 0.4) is 0 Å². The van der Waals surface area contributed by atoms with E-state index in [2.05, 4.69) is 0 Å². The smallest absolute Gasteiger partial charge is 0.233 e. The first-order valence-electron chi connectivity index (χ1n) is 8.84. The van der Waals surface area contributed by atoms with Crippen LogP contribution in [-0.2, 0) is 17.8 Å². The molecule has 0 atom stereocenters. The van der Waals surface area contributed by atoms with Crippen LogP contribution in [0.25, 0.3) is 10.2 Å². The minimum atomic E-state index is 0.00645. The maximum Gasteiger partial charge on any atom is 0.233 e. The van der Waals surface area contributed by atoms with Crippen molar-refractivity contribution in [1.29, 1.82) is 0 Å². The number of amides is 1. The summed E-state index contributed by atoms with van der Waals surface area (Å²) >= 11 is 1.54. The highest BCUT2D eigenvalue weighted by Gasteiger charge is 2.22. The molecule has 0 fully saturated rings. The molecule has 4 nitrogen and oxygen atoms in total. The van der Waals surface area contributed by atoms with E-state index in [1.807, 2.05) is 68.4 Å². The van der Waals surface area contributed by atoms with Crippen LogP contribution in [0.5, 0.6) is 0 Å². The van der Waals surface area contributed by atoms with Crippen LogP contribution in [0.2, 0.25) is 0 Å². The number of benzene rings is 2. The zero-order valence-corrected chi connectivity index (χ0v) is 16.1. The molecule has 2 heterocycles. The van der Waals surface area contributed by atoms with Crippen molar-refractivity contribution < 1.29 is 9.21 Å². The molecule has 0 saturated heterocycles. The third-order valence-corrected chi connectivity index (χ3v) is 5.55. The first kappa shape index (κ1) is 17.5. The number of para-hydroxylation sites is 1. The zero-order valence-electron chi connectivity index (χ0n) is 15.3. The Hall–Kier alpha value is -2.92. The van der Waals surface area contributed by atoms with E-state index in [1.165, 1.54) is 16.9 Å². The van der Waals surface area contributed by atoms with Gasteiger partial charge in [0.2, 0.25) is 5.91 Å². The second-order valence-electron chi connectivity index (χ2n) is 6.64. The van der Waals surface area contributed by atoms with Crippen molar-refractivity contribution in [3.63, 3.8) is 0 Å². The number of carbonyl (C=O) groups is 1. The minimum Gasteiger partial charge on any atom is -0.467 e. The van der Waals surface area contributed by atoms with E-state index in [1.54, 1.807) is 11.2 Å². The molecule has 27 heavy (non-hydrogen) atoms. The van der Waals surface area contributed by atoms with Gasteiger partial charge in [-0.05, 0) is 43.2 Å². The Bertz CT molecular complexity index is 1070. The molecule has 4 aromatic rings. The van der Waals surface area contributed by atoms with Gasteiger partial charge in [-0.25, -0.2) is 4.98 Å². The first-order valence-corrected chi connectivity index (χ1v) is 9.66. The summed E-state index contributed by atoms with van der Waals surface area (Å²) in [4.78, 5) is 19.6. The van der Waals surface area contributed by atoms with Gasteiger partial charge in [-0.2, -0.15) is 0 Å². The minimum absolute atomic E-state index is 0.00645. The van der Waals surface area contributed by atoms with Crippen LogP contribution in [0.1, 0.15) is 22.5 Å². The van der Waals surface area contributed by atoms with Crippen molar-refractivity contribution in [2.45, 2.75) is 26.8 Å². The van der Waals surface area contributed by atoms with Crippen molar-refractivity contribution in [1.82, 2.24) is 4.98 Å². The fraction of sp³-hybridized carbons (Fsp3) is 0.182. The highest BCUT2D eigenvalue weighted by molar-refractivity contribution is 7.22. The molecule has 0 aliphatic heterocycles. The number of furan rings is 1. The Morgan fingerprint density at radius 2 is 1.89 bits per heavy atom. The second kappa shape index (κ2) is 7.37. The molecule has 5 heteroatoms. The van der Waals surface area contributed by atoms with E-state index < -0.39 is 0 Å². The number of anilines is 1. The van der Waals surface area contributed by atoms with Gasteiger partial charge < -0.3 is 4.42 Å². The lowest BCUT2D eigenvalue weighted by molar-refractivity contribution is -0.118. The predicted octanol–water partition coefficient (Wildman–Crippen LogP) is 5.28. The Labute approximate surface area is 162 Å². The van der Waals surface area contributed by atoms with Gasteiger partial charge in [-0.1, -0.05) is 53.3 Å². The van der Waals surface area contributed by atoms with E-state index in [0.717, 1.165) is 27.1 Å². The SMILES string of the molecule is Cc1ccc(CC(=O)N(Cc2ccco2)c2nc3c(C)cccc3s2)cc1. The Kier molecular flexibility index (Phi) is 4.77. The number of aromatic nitrogens is 1. The zero-order chi connectivity index (χ0) is 18.8. The molecule has 0 N–H and O–H groups in total. The summed E-state index contributed by atoms with van der Waals surface area (Å²) in [6.07, 6.45) is 1.95. The second-order valence-corrected chi connectivity index (χ2v) is 7.65. The van der Waals surface area contributed by atoms with Gasteiger partial charge >= 0.3 is 0 Å². The van der Waals surface area contributed by atoms with Crippen molar-refractivity contribution in [2.24, 2.45) is 0 Å². The summed E-state index contributed by atoms with van der Waals surface area (Å²) in [5.41, 5.74) is 4.23. The summed E-state index contributed by atoms with van der Waals surface area (Å²) in [6.45, 7) is 4.45. The van der Waals surface area contributed by atoms with Crippen LogP contribution in [0, 0.1) is 13.8 Å². The Morgan fingerprint density at radius 1 is 1.07 bits per heavy atom. The summed E-state index contributed by atoms with van der Waals surface area (Å²) < 4.78 is 6.56. The standard InChI is InChI=1S/C22H20N2O2S/c1-15-8-10-17(11-9-15)13-20(25)24(14-18-6-4-12-26-18)22-23-21-16(2)5-3-7-19(21)27-22/h3-12H,13-14H2,1-2H3. The molecule has 0 saturated carbocycles. The topological polar surface area (TPSA) is 46.3 Å². The van der Waals surface area contributed by atoms with Gasteiger partial charge in [0.05, 0.1) is 29.4 Å². The van der Waals surface area contributed by atoms with Gasteiger partial charge in [0.15, 0.2) is 5.13 Å². The van der Waals surface area contributed by atoms with E-state index in [0.29, 0.717) is 18.1 Å². The van der Waals surface area contributed by atoms with Gasteiger partial charge in [0.1, 0.15) is 5.76 Å². The van der Waals surface area contributed by atoms with Crippen molar-refractivity contribution in [3.05, 3.63) is 83.3 Å². The van der Waals surface area contributed by atoms with Crippen LogP contribution in [0.15, 0.2) is 65.3 Å². The number of aryl methyl sites for hydroxylation is 2. The summed E-state index contributed by atoms with van der Waals surface area (Å²) in [5, 5.41) is 0.702. The lowest BCUT2D eigenvalue weighted by Gasteiger charge is -2.19. The summed E-state index contributed by atoms with van der Waals surface area (Å²) in [7, 11) is 0. The highest BCUT2D eigenvalue weighted by Crippen LogP contribution is 2.32. The van der Waals surface area contributed by atoms with E-state index in [4.69, 9.17) is 9.40 Å². The molecule has 0 bridgehead atoms. The molecule has 136 valence electrons. The number of rotatable bonds is 5. The van der Waals surface area contributed by atoms with E-state index in [9.17, 15) is 4.79 Å². The monoisotopic (exact) mass is 376 g/mol. The lowest BCUT2D eigenvalue weighted by atomic mass is 10.1. The van der Waals surface area contributed by atoms with Crippen LogP contribution in [-0.4, -0.2) is 10.9 Å². The number of hydrogen-bond acceptors (Lipinski definition) is 4. The number of thiazole rings is 1. The molecule has 2 aromatic carbocycles. The number of fused-ring (bicyclic) bond motifs is 1. The maximum atomic E-state index is 13.1. The maximum absolute atomic E-state index is 13.1. The summed E-state index contributed by atoms with van der Waals surface area (Å²) in [6, 6.07) is 17.9. The van der Waals surface area contributed by atoms with Gasteiger partial charge in [0.25, 0.3) is 0 Å². The van der Waals surface area contributed by atoms with Crippen LogP contribution in [0.4, 0.5) is 5.13 Å². The number of carbonyl (C=O) groups excluding carboxylic acids is 1. The lowest BCUT2D eigenvalue weighted by Crippen LogP contribution is -2.31. The third-order valence-electron chi connectivity index (χ3n) is 4.51. The summed E-state index contributed by atoms with van der Waals surface area (Å²) in [5.74, 6) is 0.746. The normalized spacial score (nSPS) is 11.0. The number of hydrogen-bond donors (Lipinski definition) is 0. The quantitative estimate of drug-likeness (QED) is 0.476. The molecule has 0 radical (unpaired) electrons. The third kappa shape index (κ3) is 3.78. The molecular formula is C22H20N2O2S. The molecule has 4 rings (SSSR count). The van der Waals surface area contributed by atoms with E-state index >= 15 is 0 Å². The van der Waals surface area contributed by atoms with Crippen LogP contribution < -0.4 is 4.90 Å². The molecule has 0 spiro atoms. The molecule has 1 amide bonds. The van der Waals surface area contributed by atoms with E-state index in [-0.39, 0.29) is 5.91 Å². The first-order chi connectivity index (χ1) is 13.1. The van der Waals surface area contributed by atoms with Crippen molar-refractivity contribution >= 4 is 32.6 Å². The fourth-order valence-electron chi connectivity index (χ4n) is 2.99. The molecular weight excluding hydrogens is 356 g/mol. The molecule has 0 aliphatic rings. The van der Waals surface area contributed by atoms with Gasteiger partial charge in [-0.3, -0.25) is 9.69 Å². The predicted molar refractivity (Wildman–Crippen MR) is 109 cm³/mol. The average molecular weight is 376 g/mol. The largest absolute Gasteiger partial charge is 0.467 e. The molecule has 0 unspecified atom stereocenters. The van der Waals surface area contributed by atoms with Gasteiger partial charge in [-0.15, -0.1) is 0 Å². The molecule has 2 aromatic heterocycles. The van der Waals surface area contributed by atoms with Crippen molar-refractivity contribution in [3.8, 4) is 0 Å². The molecule has 0 aliphatic carbocycles. The fourth-order valence-corrected chi connectivity index (χ4v) is 4.05. The Balaban J connectivity index is 1.68. The highest BCUT2D eigenvalue weighted by atomic mass is 32.1. The Morgan fingerprint density at radius 3 is 2.59 bits per heavy atom. The van der Waals surface area contributed by atoms with Crippen LogP contribution >= 0.6 is 11.3 Å². The average Bonchev–Trinajstić information content (AvgIpc) is 3.31. The van der Waals surface area contributed by atoms with Crippen molar-refractivity contribution in [2.75, 3.05) is 4.90 Å². The number of nitrogens with zero attached hydrogens (tertiary/aromatic N) is 2.